The van der Waals surface area contributed by atoms with Gasteiger partial charge in [0, 0.05) is 41.1 Å². The number of carbonyl (C=O) groups is 1. The number of pyridine rings is 1. The number of rotatable bonds is 6. The fourth-order valence-electron chi connectivity index (χ4n) is 6.26. The zero-order valence-corrected chi connectivity index (χ0v) is 22.9. The molecular weight excluding hydrogens is 514 g/mol. The molecule has 3 saturated carbocycles. The first-order valence-electron chi connectivity index (χ1n) is 13.3. The van der Waals surface area contributed by atoms with Crippen molar-refractivity contribution in [2.24, 2.45) is 17.8 Å². The molecule has 0 radical (unpaired) electrons. The van der Waals surface area contributed by atoms with Gasteiger partial charge in [-0.05, 0) is 82.1 Å². The van der Waals surface area contributed by atoms with Gasteiger partial charge in [-0.15, -0.1) is 0 Å². The van der Waals surface area contributed by atoms with Gasteiger partial charge in [0.1, 0.15) is 5.82 Å². The molecule has 3 fully saturated rings. The largest absolute Gasteiger partial charge is 0.481 e. The van der Waals surface area contributed by atoms with E-state index in [-0.39, 0.29) is 22.8 Å². The van der Waals surface area contributed by atoms with E-state index in [0.717, 1.165) is 42.4 Å². The van der Waals surface area contributed by atoms with Crippen LogP contribution in [-0.4, -0.2) is 44.5 Å². The Labute approximate surface area is 227 Å². The van der Waals surface area contributed by atoms with Crippen molar-refractivity contribution in [3.63, 3.8) is 0 Å². The van der Waals surface area contributed by atoms with Crippen LogP contribution in [-0.2, 0) is 14.8 Å². The van der Waals surface area contributed by atoms with E-state index in [4.69, 9.17) is 4.98 Å². The lowest BCUT2D eigenvalue weighted by Crippen LogP contribution is -2.51. The lowest BCUT2D eigenvalue weighted by Gasteiger charge is -2.47. The van der Waals surface area contributed by atoms with Gasteiger partial charge < -0.3 is 10.4 Å². The highest BCUT2D eigenvalue weighted by atomic mass is 32.2. The molecule has 1 aromatic carbocycles. The molecule has 3 aromatic heterocycles. The van der Waals surface area contributed by atoms with Crippen LogP contribution in [0.1, 0.15) is 42.4 Å². The van der Waals surface area contributed by atoms with Crippen LogP contribution in [0.2, 0.25) is 0 Å². The Morgan fingerprint density at radius 3 is 2.36 bits per heavy atom. The van der Waals surface area contributed by atoms with Gasteiger partial charge >= 0.3 is 5.97 Å². The Balaban J connectivity index is 1.44. The molecule has 7 rings (SSSR count). The smallest absolute Gasteiger partial charge is 0.308 e. The monoisotopic (exact) mass is 545 g/mol. The number of hydrogen-bond donors (Lipinski definition) is 2. The molecule has 2 N–H and O–H groups in total. The molecule has 9 nitrogen and oxygen atoms in total. The molecule has 10 heteroatoms. The van der Waals surface area contributed by atoms with Crippen molar-refractivity contribution in [3.05, 3.63) is 65.6 Å². The second-order valence-electron chi connectivity index (χ2n) is 11.0. The van der Waals surface area contributed by atoms with Crippen LogP contribution in [0.3, 0.4) is 0 Å². The van der Waals surface area contributed by atoms with E-state index in [1.54, 1.807) is 36.7 Å². The maximum absolute atomic E-state index is 13.7. The number of aliphatic carboxylic acids is 1. The van der Waals surface area contributed by atoms with Gasteiger partial charge in [-0.1, -0.05) is 17.7 Å². The SMILES string of the molecule is Cc1ccc(S(=O)(=O)n2cc(-c3ncc(C)c(N[C@H]4[C@H]5CC[C@H](CC5)[C@@H]4C(=O)O)n3)c3cc(C)cnc32)cc1. The minimum Gasteiger partial charge on any atom is -0.481 e. The molecule has 3 aliphatic rings. The highest BCUT2D eigenvalue weighted by Crippen LogP contribution is 2.46. The van der Waals surface area contributed by atoms with Crippen molar-refractivity contribution in [3.8, 4) is 11.4 Å². The van der Waals surface area contributed by atoms with Crippen LogP contribution in [0.15, 0.2) is 53.8 Å². The van der Waals surface area contributed by atoms with Gasteiger partial charge in [0.2, 0.25) is 0 Å². The first kappa shape index (κ1) is 25.5. The predicted octanol–water partition coefficient (Wildman–Crippen LogP) is 4.96. The quantitative estimate of drug-likeness (QED) is 0.348. The number of nitrogens with one attached hydrogen (secondary N) is 1. The van der Waals surface area contributed by atoms with Gasteiger partial charge in [0.25, 0.3) is 10.0 Å². The number of hydrogen-bond acceptors (Lipinski definition) is 7. The summed E-state index contributed by atoms with van der Waals surface area (Å²) in [5.74, 6) is 0.161. The van der Waals surface area contributed by atoms with Gasteiger partial charge in [-0.2, -0.15) is 0 Å². The molecule has 0 saturated heterocycles. The summed E-state index contributed by atoms with van der Waals surface area (Å²) in [5.41, 5.74) is 3.48. The van der Waals surface area contributed by atoms with Crippen molar-refractivity contribution >= 4 is 32.8 Å². The van der Waals surface area contributed by atoms with Crippen molar-refractivity contribution in [1.82, 2.24) is 18.9 Å². The Morgan fingerprint density at radius 1 is 0.974 bits per heavy atom. The molecule has 3 aliphatic carbocycles. The summed E-state index contributed by atoms with van der Waals surface area (Å²) >= 11 is 0. The molecule has 2 atom stereocenters. The lowest BCUT2D eigenvalue weighted by atomic mass is 9.61. The molecule has 0 spiro atoms. The number of carboxylic acids is 1. The van der Waals surface area contributed by atoms with E-state index in [0.29, 0.717) is 28.2 Å². The summed E-state index contributed by atoms with van der Waals surface area (Å²) in [7, 11) is -3.93. The third-order valence-corrected chi connectivity index (χ3v) is 10.0. The Hall–Kier alpha value is -3.79. The number of aromatic nitrogens is 4. The Bertz CT molecular complexity index is 1690. The maximum Gasteiger partial charge on any atom is 0.308 e. The molecule has 2 bridgehead atoms. The molecule has 0 unspecified atom stereocenters. The zero-order valence-electron chi connectivity index (χ0n) is 22.1. The van der Waals surface area contributed by atoms with E-state index in [2.05, 4.69) is 15.3 Å². The molecule has 3 heterocycles. The van der Waals surface area contributed by atoms with Crippen LogP contribution in [0, 0.1) is 38.5 Å². The van der Waals surface area contributed by atoms with Gasteiger partial charge in [-0.3, -0.25) is 4.79 Å². The van der Waals surface area contributed by atoms with Crippen molar-refractivity contribution in [2.45, 2.75) is 57.4 Å². The predicted molar refractivity (Wildman–Crippen MR) is 148 cm³/mol. The summed E-state index contributed by atoms with van der Waals surface area (Å²) in [6, 6.07) is 8.39. The second-order valence-corrected chi connectivity index (χ2v) is 12.8. The second kappa shape index (κ2) is 9.44. The number of carboxylic acid groups (broad SMARTS) is 1. The average molecular weight is 546 g/mol. The van der Waals surface area contributed by atoms with Crippen LogP contribution in [0.4, 0.5) is 5.82 Å². The number of anilines is 1. The number of fused-ring (bicyclic) bond motifs is 4. The third kappa shape index (κ3) is 4.36. The van der Waals surface area contributed by atoms with E-state index in [1.807, 2.05) is 26.8 Å². The molecular formula is C29H31N5O4S. The molecule has 39 heavy (non-hydrogen) atoms. The summed E-state index contributed by atoms with van der Waals surface area (Å²) in [5, 5.41) is 14.1. The zero-order chi connectivity index (χ0) is 27.5. The first-order valence-corrected chi connectivity index (χ1v) is 14.7. The van der Waals surface area contributed by atoms with Crippen LogP contribution in [0.25, 0.3) is 22.4 Å². The Morgan fingerprint density at radius 2 is 1.67 bits per heavy atom. The normalized spacial score (nSPS) is 22.7. The maximum atomic E-state index is 13.7. The fraction of sp³-hybridized carbons (Fsp3) is 0.379. The highest BCUT2D eigenvalue weighted by Gasteiger charge is 2.47. The number of nitrogens with zero attached hydrogens (tertiary/aromatic N) is 4. The lowest BCUT2D eigenvalue weighted by molar-refractivity contribution is -0.148. The average Bonchev–Trinajstić information content (AvgIpc) is 3.30. The van der Waals surface area contributed by atoms with Crippen molar-refractivity contribution < 1.29 is 18.3 Å². The first-order chi connectivity index (χ1) is 18.6. The van der Waals surface area contributed by atoms with E-state index in [1.165, 1.54) is 10.2 Å². The van der Waals surface area contributed by atoms with E-state index in [9.17, 15) is 18.3 Å². The van der Waals surface area contributed by atoms with E-state index >= 15 is 0 Å². The molecule has 4 aromatic rings. The summed E-state index contributed by atoms with van der Waals surface area (Å²) in [4.78, 5) is 26.2. The molecule has 0 aliphatic heterocycles. The summed E-state index contributed by atoms with van der Waals surface area (Å²) in [6.07, 6.45) is 8.80. The van der Waals surface area contributed by atoms with Crippen LogP contribution >= 0.6 is 0 Å². The molecule has 0 amide bonds. The fourth-order valence-corrected chi connectivity index (χ4v) is 7.58. The van der Waals surface area contributed by atoms with Crippen LogP contribution in [0.5, 0.6) is 0 Å². The van der Waals surface area contributed by atoms with Crippen LogP contribution < -0.4 is 5.32 Å². The minimum absolute atomic E-state index is 0.165. The number of aryl methyl sites for hydroxylation is 3. The van der Waals surface area contributed by atoms with Gasteiger partial charge in [0.15, 0.2) is 11.5 Å². The van der Waals surface area contributed by atoms with Gasteiger partial charge in [-0.25, -0.2) is 27.3 Å². The highest BCUT2D eigenvalue weighted by molar-refractivity contribution is 7.90. The topological polar surface area (TPSA) is 127 Å². The van der Waals surface area contributed by atoms with Gasteiger partial charge in [0.05, 0.1) is 10.8 Å². The number of benzene rings is 1. The van der Waals surface area contributed by atoms with E-state index < -0.39 is 21.9 Å². The Kier molecular flexibility index (Phi) is 6.17. The summed E-state index contributed by atoms with van der Waals surface area (Å²) < 4.78 is 28.5. The minimum atomic E-state index is -3.93. The standard InChI is InChI=1S/C29H31N5O4S/c1-16-4-10-21(11-5-16)39(37,38)34-15-23(22-12-17(2)13-31-28(22)34)27-30-14-18(3)26(33-27)32-25-20-8-6-19(7-9-20)24(25)29(35)36/h4-5,10-15,19-20,24-25H,6-9H2,1-3H3,(H,35,36)(H,30,32,33)/t19-,20+,24-,25-/m0/s1. The molecule has 202 valence electrons. The summed E-state index contributed by atoms with van der Waals surface area (Å²) in [6.45, 7) is 5.69. The van der Waals surface area contributed by atoms with Crippen molar-refractivity contribution in [1.29, 1.82) is 0 Å². The van der Waals surface area contributed by atoms with Crippen molar-refractivity contribution in [2.75, 3.05) is 5.32 Å². The third-order valence-electron chi connectivity index (χ3n) is 8.35.